The van der Waals surface area contributed by atoms with Gasteiger partial charge >= 0.3 is 29.6 Å². The first-order chi connectivity index (χ1) is 4.50. The maximum absolute atomic E-state index is 10.3. The Bertz CT molecular complexity index is 308. The zero-order valence-corrected chi connectivity index (χ0v) is 10.5. The molecule has 0 saturated carbocycles. The van der Waals surface area contributed by atoms with Crippen molar-refractivity contribution in [1.82, 2.24) is 0 Å². The quantitative estimate of drug-likeness (QED) is 0.377. The van der Waals surface area contributed by atoms with Gasteiger partial charge in [-0.3, -0.25) is 9.11 Å². The van der Waals surface area contributed by atoms with Crippen LogP contribution in [0.4, 0.5) is 0 Å². The molecule has 0 spiro atoms. The van der Waals surface area contributed by atoms with Gasteiger partial charge in [-0.25, -0.2) is 0 Å². The van der Waals surface area contributed by atoms with Gasteiger partial charge in [-0.15, -0.1) is 0 Å². The second-order valence-corrected chi connectivity index (χ2v) is 6.55. The molecular weight excluding hydrogens is 219 g/mol. The molecule has 0 aliphatic rings. The van der Waals surface area contributed by atoms with Gasteiger partial charge in [-0.1, -0.05) is 0 Å². The van der Waals surface area contributed by atoms with Crippen molar-refractivity contribution >= 4 is 20.2 Å². The van der Waals surface area contributed by atoms with Crippen LogP contribution in [0.5, 0.6) is 0 Å². The van der Waals surface area contributed by atoms with E-state index in [1.165, 1.54) is 0 Å². The maximum Gasteiger partial charge on any atom is 1.00 e. The predicted molar refractivity (Wildman–Crippen MR) is 38.3 cm³/mol. The first-order valence-corrected chi connectivity index (χ1v) is 5.32. The molecule has 0 fully saturated rings. The van der Waals surface area contributed by atoms with Gasteiger partial charge in [0.15, 0.2) is 0 Å². The fourth-order valence-corrected chi connectivity index (χ4v) is 1.20. The van der Waals surface area contributed by atoms with Crippen molar-refractivity contribution in [2.45, 2.75) is 17.9 Å². The summed E-state index contributed by atoms with van der Waals surface area (Å²) in [6.07, 6.45) is 0. The third kappa shape index (κ3) is 2.95. The van der Waals surface area contributed by atoms with Gasteiger partial charge in [0, 0.05) is 0 Å². The predicted octanol–water partition coefficient (Wildman–Crippen LogP) is -3.39. The van der Waals surface area contributed by atoms with Gasteiger partial charge in [0.1, 0.15) is 0 Å². The van der Waals surface area contributed by atoms with E-state index in [9.17, 15) is 16.8 Å². The molecule has 0 aliphatic carbocycles. The van der Waals surface area contributed by atoms with Crippen molar-refractivity contribution in [1.29, 1.82) is 0 Å². The number of rotatable bonds is 2. The molecule has 0 aromatic carbocycles. The van der Waals surface area contributed by atoms with E-state index in [-0.39, 0.29) is 31.0 Å². The molecule has 12 heavy (non-hydrogen) atoms. The molecule has 0 rings (SSSR count). The molecular formula is C3H9NaO6S2. The van der Waals surface area contributed by atoms with Gasteiger partial charge in [-0.05, 0) is 13.8 Å². The summed E-state index contributed by atoms with van der Waals surface area (Å²) in [5.41, 5.74) is 0. The van der Waals surface area contributed by atoms with Crippen molar-refractivity contribution in [3.05, 3.63) is 0 Å². The van der Waals surface area contributed by atoms with Crippen molar-refractivity contribution in [3.63, 3.8) is 0 Å². The Labute approximate surface area is 94.6 Å². The minimum absolute atomic E-state index is 0. The van der Waals surface area contributed by atoms with Gasteiger partial charge in [0.2, 0.25) is 4.08 Å². The van der Waals surface area contributed by atoms with Crippen molar-refractivity contribution < 1.29 is 56.9 Å². The van der Waals surface area contributed by atoms with Crippen LogP contribution >= 0.6 is 0 Å². The standard InChI is InChI=1S/C3H8O6S2.Na.H/c1-3(2,10(4,5)6)11(7,8)9;;/h1-2H3,(H,4,5,6)(H,7,8,9);;/q;+1;-1. The molecule has 9 heteroatoms. The average molecular weight is 228 g/mol. The van der Waals surface area contributed by atoms with Gasteiger partial charge < -0.3 is 1.43 Å². The molecule has 0 radical (unpaired) electrons. The van der Waals surface area contributed by atoms with Crippen LogP contribution in [0.2, 0.25) is 0 Å². The molecule has 70 valence electrons. The first-order valence-electron chi connectivity index (χ1n) is 2.44. The van der Waals surface area contributed by atoms with E-state index < -0.39 is 24.3 Å². The van der Waals surface area contributed by atoms with Crippen molar-refractivity contribution in [2.24, 2.45) is 0 Å². The monoisotopic (exact) mass is 228 g/mol. The zero-order valence-electron chi connectivity index (χ0n) is 7.84. The van der Waals surface area contributed by atoms with E-state index in [1.54, 1.807) is 0 Å². The SMILES string of the molecule is CC(C)(S(=O)(=O)O)S(=O)(=O)O.[H-].[Na+]. The van der Waals surface area contributed by atoms with Crippen LogP contribution in [0.3, 0.4) is 0 Å². The van der Waals surface area contributed by atoms with Crippen molar-refractivity contribution in [3.8, 4) is 0 Å². The average Bonchev–Trinajstić information content (AvgIpc) is 1.58. The summed E-state index contributed by atoms with van der Waals surface area (Å²) in [5.74, 6) is 0. The summed E-state index contributed by atoms with van der Waals surface area (Å²) in [4.78, 5) is 0. The Morgan fingerprint density at radius 2 is 1.17 bits per heavy atom. The second-order valence-electron chi connectivity index (χ2n) is 2.35. The van der Waals surface area contributed by atoms with Crippen LogP contribution in [0, 0.1) is 0 Å². The topological polar surface area (TPSA) is 109 Å². The molecule has 0 atom stereocenters. The van der Waals surface area contributed by atoms with Gasteiger partial charge in [0.05, 0.1) is 0 Å². The minimum Gasteiger partial charge on any atom is -1.00 e. The third-order valence-electron chi connectivity index (χ3n) is 1.24. The minimum atomic E-state index is -4.80. The molecule has 0 aromatic heterocycles. The normalized spacial score (nSPS) is 13.7. The number of hydrogen-bond donors (Lipinski definition) is 2. The molecule has 0 bridgehead atoms. The Hall–Kier alpha value is 0.820. The second kappa shape index (κ2) is 3.91. The zero-order chi connectivity index (χ0) is 9.50. The molecule has 0 amide bonds. The molecule has 0 aliphatic heterocycles. The fourth-order valence-electron chi connectivity index (χ4n) is 0.133. The van der Waals surface area contributed by atoms with E-state index in [0.717, 1.165) is 0 Å². The van der Waals surface area contributed by atoms with Gasteiger partial charge in [0.25, 0.3) is 20.2 Å². The first kappa shape index (κ1) is 15.3. The summed E-state index contributed by atoms with van der Waals surface area (Å²) in [6.45, 7) is 1.36. The molecule has 2 N–H and O–H groups in total. The van der Waals surface area contributed by atoms with Crippen LogP contribution in [0.1, 0.15) is 15.3 Å². The van der Waals surface area contributed by atoms with Crippen LogP contribution in [-0.2, 0) is 20.2 Å². The van der Waals surface area contributed by atoms with Crippen LogP contribution in [0.15, 0.2) is 0 Å². The fraction of sp³-hybridized carbons (Fsp3) is 1.00. The van der Waals surface area contributed by atoms with Crippen LogP contribution < -0.4 is 29.6 Å². The van der Waals surface area contributed by atoms with Crippen LogP contribution in [-0.4, -0.2) is 30.0 Å². The van der Waals surface area contributed by atoms with E-state index >= 15 is 0 Å². The van der Waals surface area contributed by atoms with E-state index in [2.05, 4.69) is 0 Å². The summed E-state index contributed by atoms with van der Waals surface area (Å²) < 4.78 is 55.3. The van der Waals surface area contributed by atoms with Gasteiger partial charge in [-0.2, -0.15) is 16.8 Å². The molecule has 6 nitrogen and oxygen atoms in total. The Morgan fingerprint density at radius 3 is 1.17 bits per heavy atom. The summed E-state index contributed by atoms with van der Waals surface area (Å²) in [7, 11) is -9.60. The summed E-state index contributed by atoms with van der Waals surface area (Å²) >= 11 is 0. The molecule has 0 aromatic rings. The van der Waals surface area contributed by atoms with E-state index in [0.29, 0.717) is 13.8 Å². The van der Waals surface area contributed by atoms with Crippen LogP contribution in [0.25, 0.3) is 0 Å². The summed E-state index contributed by atoms with van der Waals surface area (Å²) in [5, 5.41) is 0. The Kier molecular flexibility index (Phi) is 4.98. The Morgan fingerprint density at radius 1 is 1.00 bits per heavy atom. The molecule has 0 unspecified atom stereocenters. The smallest absolute Gasteiger partial charge is 1.00 e. The number of hydrogen-bond acceptors (Lipinski definition) is 4. The third-order valence-corrected chi connectivity index (χ3v) is 4.99. The summed E-state index contributed by atoms with van der Waals surface area (Å²) in [6, 6.07) is 0. The van der Waals surface area contributed by atoms with Crippen molar-refractivity contribution in [2.75, 3.05) is 0 Å². The van der Waals surface area contributed by atoms with E-state index in [1.807, 2.05) is 0 Å². The molecule has 0 heterocycles. The van der Waals surface area contributed by atoms with E-state index in [4.69, 9.17) is 9.11 Å². The maximum atomic E-state index is 10.3. The molecule has 0 saturated heterocycles. The Balaban J connectivity index is -0.000000500. The largest absolute Gasteiger partial charge is 1.00 e.